The lowest BCUT2D eigenvalue weighted by Gasteiger charge is -2.20. The molecule has 3 heterocycles. The van der Waals surface area contributed by atoms with Crippen LogP contribution in [0.5, 0.6) is 28.7 Å². The van der Waals surface area contributed by atoms with E-state index in [1.54, 1.807) is 7.11 Å². The molecule has 6 heteroatoms. The van der Waals surface area contributed by atoms with Crippen LogP contribution in [-0.4, -0.2) is 38.5 Å². The molecule has 1 aromatic heterocycles. The highest BCUT2D eigenvalue weighted by atomic mass is 16.5. The third-order valence-corrected chi connectivity index (χ3v) is 6.97. The lowest BCUT2D eigenvalue weighted by molar-refractivity contribution is 0.297. The second-order valence-corrected chi connectivity index (χ2v) is 9.91. The van der Waals surface area contributed by atoms with Crippen LogP contribution in [0.2, 0.25) is 0 Å². The molecule has 0 N–H and O–H groups in total. The van der Waals surface area contributed by atoms with Crippen molar-refractivity contribution in [1.29, 1.82) is 0 Å². The summed E-state index contributed by atoms with van der Waals surface area (Å²) < 4.78 is 31.3. The van der Waals surface area contributed by atoms with E-state index in [1.807, 2.05) is 48.5 Å². The Kier molecular flexibility index (Phi) is 9.98. The van der Waals surface area contributed by atoms with Gasteiger partial charge in [-0.05, 0) is 87.8 Å². The standard InChI is InChI=1S/C34H39NO5/c1-36-31-21-20-26-32-27-16-14-17-28(32)38-23-11-7-3-5-9-13-25-40-30-19-15-18-29(33(30)34(31)35-26)39-24-12-8-4-2-6-10-22-37-27/h2-5,14-21H,6-13,22-25H2,1H3/b4-2-,5-3?. The molecule has 0 saturated heterocycles. The summed E-state index contributed by atoms with van der Waals surface area (Å²) in [6.07, 6.45) is 16.5. The van der Waals surface area contributed by atoms with Gasteiger partial charge in [-0.2, -0.15) is 0 Å². The minimum Gasteiger partial charge on any atom is -0.494 e. The molecule has 5 rings (SSSR count). The van der Waals surface area contributed by atoms with Gasteiger partial charge in [0.15, 0.2) is 0 Å². The molecule has 2 aromatic carbocycles. The van der Waals surface area contributed by atoms with E-state index >= 15 is 0 Å². The third-order valence-electron chi connectivity index (χ3n) is 6.97. The average Bonchev–Trinajstić information content (AvgIpc) is 2.98. The summed E-state index contributed by atoms with van der Waals surface area (Å²) in [5.41, 5.74) is 3.05. The highest BCUT2D eigenvalue weighted by molar-refractivity contribution is 5.82. The average molecular weight is 542 g/mol. The molecular weight excluding hydrogens is 502 g/mol. The molecule has 0 atom stereocenters. The predicted molar refractivity (Wildman–Crippen MR) is 159 cm³/mol. The van der Waals surface area contributed by atoms with E-state index in [1.165, 1.54) is 0 Å². The normalized spacial score (nSPS) is 17.3. The summed E-state index contributed by atoms with van der Waals surface area (Å²) in [5.74, 6) is 3.62. The number of allylic oxidation sites excluding steroid dienone is 4. The van der Waals surface area contributed by atoms with Gasteiger partial charge in [0.2, 0.25) is 0 Å². The molecule has 2 aliphatic heterocycles. The fourth-order valence-corrected chi connectivity index (χ4v) is 4.92. The second-order valence-electron chi connectivity index (χ2n) is 9.91. The summed E-state index contributed by atoms with van der Waals surface area (Å²) in [6.45, 7) is 2.41. The summed E-state index contributed by atoms with van der Waals surface area (Å²) in [5, 5.41) is 0. The third kappa shape index (κ3) is 6.98. The van der Waals surface area contributed by atoms with E-state index in [0.29, 0.717) is 37.9 Å². The van der Waals surface area contributed by atoms with Gasteiger partial charge in [-0.15, -0.1) is 0 Å². The van der Waals surface area contributed by atoms with Crippen molar-refractivity contribution in [1.82, 2.24) is 4.98 Å². The van der Waals surface area contributed by atoms with Crippen molar-refractivity contribution in [2.24, 2.45) is 0 Å². The van der Waals surface area contributed by atoms with E-state index in [9.17, 15) is 0 Å². The van der Waals surface area contributed by atoms with Crippen molar-refractivity contribution in [3.63, 3.8) is 0 Å². The summed E-state index contributed by atoms with van der Waals surface area (Å²) in [4.78, 5) is 5.19. The molecule has 0 amide bonds. The Morgan fingerprint density at radius 1 is 0.550 bits per heavy atom. The first-order chi connectivity index (χ1) is 19.8. The fourth-order valence-electron chi connectivity index (χ4n) is 4.92. The second kappa shape index (κ2) is 14.5. The number of hydrogen-bond donors (Lipinski definition) is 0. The molecule has 0 radical (unpaired) electrons. The SMILES string of the molecule is COc1ccc2nc1-c1c3cccc1OCCC/C=C\CCCOc1cccc(c1-2)OCCCC=CCCCO3. The Morgan fingerprint density at radius 2 is 0.975 bits per heavy atom. The molecule has 4 bridgehead atoms. The predicted octanol–water partition coefficient (Wildman–Crippen LogP) is 8.20. The van der Waals surface area contributed by atoms with Crippen LogP contribution in [-0.2, 0) is 0 Å². The number of pyridine rings is 1. The quantitative estimate of drug-likeness (QED) is 0.289. The van der Waals surface area contributed by atoms with Gasteiger partial charge in [-0.3, -0.25) is 0 Å². The van der Waals surface area contributed by atoms with Crippen LogP contribution in [0.25, 0.3) is 22.5 Å². The number of rotatable bonds is 1. The van der Waals surface area contributed by atoms with E-state index in [-0.39, 0.29) is 0 Å². The first kappa shape index (κ1) is 27.6. The largest absolute Gasteiger partial charge is 0.494 e. The Bertz CT molecular complexity index is 1250. The molecule has 0 unspecified atom stereocenters. The van der Waals surface area contributed by atoms with Crippen LogP contribution >= 0.6 is 0 Å². The first-order valence-electron chi connectivity index (χ1n) is 14.5. The smallest absolute Gasteiger partial charge is 0.145 e. The van der Waals surface area contributed by atoms with Crippen LogP contribution in [0, 0.1) is 0 Å². The maximum Gasteiger partial charge on any atom is 0.145 e. The highest BCUT2D eigenvalue weighted by Gasteiger charge is 2.23. The van der Waals surface area contributed by atoms with Gasteiger partial charge in [0, 0.05) is 0 Å². The van der Waals surface area contributed by atoms with Gasteiger partial charge in [-0.25, -0.2) is 4.98 Å². The number of nitrogens with zero attached hydrogens (tertiary/aromatic N) is 1. The number of ether oxygens (including phenoxy) is 5. The van der Waals surface area contributed by atoms with Crippen molar-refractivity contribution in [3.8, 4) is 51.3 Å². The summed E-state index contributed by atoms with van der Waals surface area (Å²) in [6, 6.07) is 15.8. The number of hydrogen-bond acceptors (Lipinski definition) is 6. The molecule has 2 aliphatic rings. The lowest BCUT2D eigenvalue weighted by atomic mass is 10.0. The van der Waals surface area contributed by atoms with Crippen LogP contribution < -0.4 is 23.7 Å². The Hall–Kier alpha value is -3.93. The minimum absolute atomic E-state index is 0.595. The summed E-state index contributed by atoms with van der Waals surface area (Å²) in [7, 11) is 1.67. The molecule has 0 spiro atoms. The number of benzene rings is 2. The zero-order valence-corrected chi connectivity index (χ0v) is 23.4. The van der Waals surface area contributed by atoms with Crippen LogP contribution in [0.1, 0.15) is 51.4 Å². The molecule has 0 saturated carbocycles. The fraction of sp³-hybridized carbons (Fsp3) is 0.382. The first-order valence-corrected chi connectivity index (χ1v) is 14.5. The molecular formula is C34H39NO5. The van der Waals surface area contributed by atoms with Gasteiger partial charge in [-0.1, -0.05) is 36.4 Å². The van der Waals surface area contributed by atoms with Crippen LogP contribution in [0.15, 0.2) is 72.8 Å². The van der Waals surface area contributed by atoms with Crippen LogP contribution in [0.3, 0.4) is 0 Å². The van der Waals surface area contributed by atoms with Crippen molar-refractivity contribution in [3.05, 3.63) is 72.8 Å². The maximum atomic E-state index is 6.37. The van der Waals surface area contributed by atoms with Crippen molar-refractivity contribution < 1.29 is 23.7 Å². The molecule has 210 valence electrons. The van der Waals surface area contributed by atoms with E-state index in [4.69, 9.17) is 28.7 Å². The Morgan fingerprint density at radius 3 is 1.40 bits per heavy atom. The Balaban J connectivity index is 1.69. The van der Waals surface area contributed by atoms with Gasteiger partial charge in [0.1, 0.15) is 34.4 Å². The van der Waals surface area contributed by atoms with E-state index < -0.39 is 0 Å². The molecule has 3 aromatic rings. The van der Waals surface area contributed by atoms with Crippen molar-refractivity contribution in [2.45, 2.75) is 51.4 Å². The highest BCUT2D eigenvalue weighted by Crippen LogP contribution is 2.45. The van der Waals surface area contributed by atoms with Gasteiger partial charge < -0.3 is 23.7 Å². The topological polar surface area (TPSA) is 59.0 Å². The number of methoxy groups -OCH3 is 1. The molecule has 6 nitrogen and oxygen atoms in total. The minimum atomic E-state index is 0.595. The van der Waals surface area contributed by atoms with Crippen molar-refractivity contribution in [2.75, 3.05) is 33.5 Å². The number of aromatic nitrogens is 1. The Labute approximate surface area is 237 Å². The van der Waals surface area contributed by atoms with Crippen LogP contribution in [0.4, 0.5) is 0 Å². The summed E-state index contributed by atoms with van der Waals surface area (Å²) >= 11 is 0. The molecule has 0 fully saturated rings. The van der Waals surface area contributed by atoms with Gasteiger partial charge in [0.25, 0.3) is 0 Å². The molecule has 0 aliphatic carbocycles. The zero-order valence-electron chi connectivity index (χ0n) is 23.4. The maximum absolute atomic E-state index is 6.37. The molecule has 40 heavy (non-hydrogen) atoms. The monoisotopic (exact) mass is 541 g/mol. The van der Waals surface area contributed by atoms with E-state index in [0.717, 1.165) is 91.2 Å². The zero-order chi connectivity index (χ0) is 27.4. The van der Waals surface area contributed by atoms with Gasteiger partial charge >= 0.3 is 0 Å². The van der Waals surface area contributed by atoms with Crippen molar-refractivity contribution >= 4 is 0 Å². The van der Waals surface area contributed by atoms with Gasteiger partial charge in [0.05, 0.1) is 50.4 Å². The lowest BCUT2D eigenvalue weighted by Crippen LogP contribution is -2.05. The van der Waals surface area contributed by atoms with E-state index in [2.05, 4.69) is 24.3 Å².